The van der Waals surface area contributed by atoms with Gasteiger partial charge in [-0.1, -0.05) is 11.6 Å². The predicted molar refractivity (Wildman–Crippen MR) is 80.2 cm³/mol. The van der Waals surface area contributed by atoms with Gasteiger partial charge in [-0.15, -0.1) is 0 Å². The Morgan fingerprint density at radius 2 is 2.19 bits per heavy atom. The molecule has 1 amide bonds. The molecule has 2 N–H and O–H groups in total. The molecule has 0 spiro atoms. The van der Waals surface area contributed by atoms with E-state index in [1.54, 1.807) is 7.11 Å². The summed E-state index contributed by atoms with van der Waals surface area (Å²) in [6.45, 7) is 2.98. The summed E-state index contributed by atoms with van der Waals surface area (Å²) in [5.74, 6) is -0.770. The number of nitrogens with one attached hydrogen (secondary N) is 2. The summed E-state index contributed by atoms with van der Waals surface area (Å²) in [5, 5.41) is 6.17. The summed E-state index contributed by atoms with van der Waals surface area (Å²) in [5.41, 5.74) is 0.322. The van der Waals surface area contributed by atoms with Crippen molar-refractivity contribution in [2.24, 2.45) is 5.41 Å². The number of ether oxygens (including phenoxy) is 1. The number of benzene rings is 1. The number of piperidine rings is 1. The second-order valence-corrected chi connectivity index (χ2v) is 5.90. The number of methoxy groups -OCH3 is 1. The van der Waals surface area contributed by atoms with Gasteiger partial charge >= 0.3 is 0 Å². The second kappa shape index (κ2) is 7.20. The van der Waals surface area contributed by atoms with Gasteiger partial charge in [0.25, 0.3) is 5.91 Å². The van der Waals surface area contributed by atoms with E-state index in [0.717, 1.165) is 25.9 Å². The van der Waals surface area contributed by atoms with Crippen molar-refractivity contribution < 1.29 is 13.9 Å². The lowest BCUT2D eigenvalue weighted by atomic mass is 9.79. The summed E-state index contributed by atoms with van der Waals surface area (Å²) < 4.78 is 18.4. The summed E-state index contributed by atoms with van der Waals surface area (Å²) in [6.07, 6.45) is 1.90. The fourth-order valence-corrected chi connectivity index (χ4v) is 2.82. The SMILES string of the molecule is COCC1(CNC(=O)c2ccc(F)c(Cl)c2)CCNCC1. The van der Waals surface area contributed by atoms with Crippen molar-refractivity contribution in [1.82, 2.24) is 10.6 Å². The molecular formula is C15H20ClFN2O2. The molecule has 6 heteroatoms. The van der Waals surface area contributed by atoms with Crippen LogP contribution >= 0.6 is 11.6 Å². The number of hydrogen-bond donors (Lipinski definition) is 2. The Labute approximate surface area is 129 Å². The molecule has 1 aliphatic rings. The van der Waals surface area contributed by atoms with E-state index in [1.165, 1.54) is 18.2 Å². The van der Waals surface area contributed by atoms with Crippen LogP contribution < -0.4 is 10.6 Å². The molecular weight excluding hydrogens is 295 g/mol. The first-order valence-electron chi connectivity index (χ1n) is 6.99. The number of rotatable bonds is 5. The summed E-state index contributed by atoms with van der Waals surface area (Å²) in [7, 11) is 1.67. The van der Waals surface area contributed by atoms with Crippen molar-refractivity contribution in [3.05, 3.63) is 34.6 Å². The van der Waals surface area contributed by atoms with Gasteiger partial charge in [-0.3, -0.25) is 4.79 Å². The van der Waals surface area contributed by atoms with Gasteiger partial charge in [0.15, 0.2) is 0 Å². The van der Waals surface area contributed by atoms with Crippen LogP contribution in [0.4, 0.5) is 4.39 Å². The molecule has 116 valence electrons. The minimum atomic E-state index is -0.526. The summed E-state index contributed by atoms with van der Waals surface area (Å²) >= 11 is 5.70. The molecule has 0 aromatic heterocycles. The molecule has 1 aliphatic heterocycles. The lowest BCUT2D eigenvalue weighted by Gasteiger charge is -2.37. The Balaban J connectivity index is 1.99. The van der Waals surface area contributed by atoms with Crippen molar-refractivity contribution in [3.8, 4) is 0 Å². The number of carbonyl (C=O) groups is 1. The van der Waals surface area contributed by atoms with Gasteiger partial charge in [-0.25, -0.2) is 4.39 Å². The molecule has 2 rings (SSSR count). The fourth-order valence-electron chi connectivity index (χ4n) is 2.64. The van der Waals surface area contributed by atoms with Crippen molar-refractivity contribution in [1.29, 1.82) is 0 Å². The third-order valence-corrected chi connectivity index (χ3v) is 4.21. The second-order valence-electron chi connectivity index (χ2n) is 5.49. The Hall–Kier alpha value is -1.17. The zero-order valence-corrected chi connectivity index (χ0v) is 12.8. The van der Waals surface area contributed by atoms with E-state index in [2.05, 4.69) is 10.6 Å². The topological polar surface area (TPSA) is 50.4 Å². The van der Waals surface area contributed by atoms with Gasteiger partial charge in [-0.2, -0.15) is 0 Å². The highest BCUT2D eigenvalue weighted by molar-refractivity contribution is 6.31. The molecule has 1 aromatic rings. The Bertz CT molecular complexity index is 499. The number of carbonyl (C=O) groups excluding carboxylic acids is 1. The third-order valence-electron chi connectivity index (χ3n) is 3.92. The minimum Gasteiger partial charge on any atom is -0.384 e. The van der Waals surface area contributed by atoms with E-state index < -0.39 is 5.82 Å². The monoisotopic (exact) mass is 314 g/mol. The van der Waals surface area contributed by atoms with E-state index in [1.807, 2.05) is 0 Å². The predicted octanol–water partition coefficient (Wildman–Crippen LogP) is 2.23. The van der Waals surface area contributed by atoms with E-state index in [4.69, 9.17) is 16.3 Å². The average Bonchev–Trinajstić information content (AvgIpc) is 2.49. The van der Waals surface area contributed by atoms with Crippen LogP contribution in [0.3, 0.4) is 0 Å². The lowest BCUT2D eigenvalue weighted by Crippen LogP contribution is -2.47. The molecule has 1 heterocycles. The molecule has 21 heavy (non-hydrogen) atoms. The van der Waals surface area contributed by atoms with Gasteiger partial charge < -0.3 is 15.4 Å². The zero-order valence-electron chi connectivity index (χ0n) is 12.0. The first-order valence-corrected chi connectivity index (χ1v) is 7.37. The molecule has 1 fully saturated rings. The number of halogens is 2. The lowest BCUT2D eigenvalue weighted by molar-refractivity contribution is 0.0512. The van der Waals surface area contributed by atoms with Crippen LogP contribution in [-0.2, 0) is 4.74 Å². The molecule has 1 saturated heterocycles. The van der Waals surface area contributed by atoms with Gasteiger partial charge in [0.05, 0.1) is 11.6 Å². The van der Waals surface area contributed by atoms with Gasteiger partial charge in [0, 0.05) is 24.6 Å². The Kier molecular flexibility index (Phi) is 5.56. The smallest absolute Gasteiger partial charge is 0.251 e. The highest BCUT2D eigenvalue weighted by Gasteiger charge is 2.32. The van der Waals surface area contributed by atoms with Crippen molar-refractivity contribution >= 4 is 17.5 Å². The van der Waals surface area contributed by atoms with Crippen LogP contribution in [0.5, 0.6) is 0 Å². The van der Waals surface area contributed by atoms with Crippen molar-refractivity contribution in [2.45, 2.75) is 12.8 Å². The average molecular weight is 315 g/mol. The molecule has 0 aliphatic carbocycles. The molecule has 4 nitrogen and oxygen atoms in total. The highest BCUT2D eigenvalue weighted by atomic mass is 35.5. The summed E-state index contributed by atoms with van der Waals surface area (Å²) in [4.78, 5) is 12.1. The van der Waals surface area contributed by atoms with E-state index in [0.29, 0.717) is 18.7 Å². The molecule has 1 aromatic carbocycles. The van der Waals surface area contributed by atoms with E-state index in [9.17, 15) is 9.18 Å². The van der Waals surface area contributed by atoms with Crippen LogP contribution in [-0.4, -0.2) is 39.3 Å². The molecule has 0 unspecified atom stereocenters. The van der Waals surface area contributed by atoms with E-state index >= 15 is 0 Å². The van der Waals surface area contributed by atoms with Crippen LogP contribution in [0.1, 0.15) is 23.2 Å². The van der Waals surface area contributed by atoms with Crippen molar-refractivity contribution in [2.75, 3.05) is 33.4 Å². The van der Waals surface area contributed by atoms with Crippen LogP contribution in [0.25, 0.3) is 0 Å². The number of amides is 1. The first kappa shape index (κ1) is 16.2. The molecule has 0 atom stereocenters. The normalized spacial score (nSPS) is 17.5. The quantitative estimate of drug-likeness (QED) is 0.876. The highest BCUT2D eigenvalue weighted by Crippen LogP contribution is 2.28. The van der Waals surface area contributed by atoms with Crippen LogP contribution in [0.15, 0.2) is 18.2 Å². The maximum absolute atomic E-state index is 13.1. The van der Waals surface area contributed by atoms with Gasteiger partial charge in [0.2, 0.25) is 0 Å². The summed E-state index contributed by atoms with van der Waals surface area (Å²) in [6, 6.07) is 3.98. The Morgan fingerprint density at radius 1 is 1.48 bits per heavy atom. The maximum atomic E-state index is 13.1. The maximum Gasteiger partial charge on any atom is 0.251 e. The Morgan fingerprint density at radius 3 is 2.81 bits per heavy atom. The fraction of sp³-hybridized carbons (Fsp3) is 0.533. The third kappa shape index (κ3) is 4.15. The molecule has 0 bridgehead atoms. The molecule has 0 radical (unpaired) electrons. The zero-order chi connectivity index (χ0) is 15.3. The van der Waals surface area contributed by atoms with Gasteiger partial charge in [-0.05, 0) is 44.1 Å². The number of hydrogen-bond acceptors (Lipinski definition) is 3. The van der Waals surface area contributed by atoms with Crippen molar-refractivity contribution in [3.63, 3.8) is 0 Å². The standard InChI is InChI=1S/C15H20ClFN2O2/c1-21-10-15(4-6-18-7-5-15)9-19-14(20)11-2-3-13(17)12(16)8-11/h2-3,8,18H,4-7,9-10H2,1H3,(H,19,20). The largest absolute Gasteiger partial charge is 0.384 e. The first-order chi connectivity index (χ1) is 10.1. The minimum absolute atomic E-state index is 0.0422. The van der Waals surface area contributed by atoms with Gasteiger partial charge in [0.1, 0.15) is 5.82 Å². The van der Waals surface area contributed by atoms with Crippen LogP contribution in [0, 0.1) is 11.2 Å². The molecule has 0 saturated carbocycles. The van der Waals surface area contributed by atoms with Crippen LogP contribution in [0.2, 0.25) is 5.02 Å². The van der Waals surface area contributed by atoms with E-state index in [-0.39, 0.29) is 16.3 Å².